The molecule has 152 valence electrons. The van der Waals surface area contributed by atoms with Crippen LogP contribution in [0.1, 0.15) is 38.7 Å². The smallest absolute Gasteiger partial charge is 0.266 e. The van der Waals surface area contributed by atoms with Crippen LogP contribution in [0.3, 0.4) is 0 Å². The first-order valence-electron chi connectivity index (χ1n) is 9.83. The maximum atomic E-state index is 13.3. The van der Waals surface area contributed by atoms with Gasteiger partial charge >= 0.3 is 0 Å². The van der Waals surface area contributed by atoms with Gasteiger partial charge in [-0.2, -0.15) is 0 Å². The van der Waals surface area contributed by atoms with Gasteiger partial charge < -0.3 is 4.90 Å². The molecule has 0 radical (unpaired) electrons. The second-order valence-electron chi connectivity index (χ2n) is 7.45. The molecule has 2 unspecified atom stereocenters. The zero-order chi connectivity index (χ0) is 21.1. The third kappa shape index (κ3) is 4.37. The third-order valence-corrected chi connectivity index (χ3v) is 6.19. The molecular formula is C23H27N3O2S. The van der Waals surface area contributed by atoms with Gasteiger partial charge in [-0.1, -0.05) is 49.9 Å². The number of rotatable bonds is 6. The van der Waals surface area contributed by atoms with Crippen molar-refractivity contribution in [2.75, 3.05) is 14.1 Å². The second kappa shape index (κ2) is 8.82. The number of aromatic nitrogens is 2. The van der Waals surface area contributed by atoms with Gasteiger partial charge in [-0.15, -0.1) is 0 Å². The van der Waals surface area contributed by atoms with E-state index in [2.05, 4.69) is 26.0 Å². The molecule has 6 heteroatoms. The Morgan fingerprint density at radius 1 is 1.10 bits per heavy atom. The predicted octanol–water partition coefficient (Wildman–Crippen LogP) is 4.47. The average molecular weight is 410 g/mol. The van der Waals surface area contributed by atoms with E-state index in [1.807, 2.05) is 37.3 Å². The van der Waals surface area contributed by atoms with Crippen molar-refractivity contribution in [2.24, 2.45) is 0 Å². The monoisotopic (exact) mass is 409 g/mol. The minimum atomic E-state index is -0.358. The Balaban J connectivity index is 2.14. The maximum absolute atomic E-state index is 13.3. The predicted molar refractivity (Wildman–Crippen MR) is 120 cm³/mol. The number of para-hydroxylation sites is 1. The number of benzene rings is 2. The number of nitrogens with zero attached hydrogens (tertiary/aromatic N) is 3. The van der Waals surface area contributed by atoms with Gasteiger partial charge in [0.15, 0.2) is 5.16 Å². The standard InChI is InChI=1S/C23H27N3O2S/c1-6-15(2)17-11-13-18(14-12-17)26-22(28)19-9-7-8-10-20(19)24-23(26)29-16(3)21(27)25(4)5/h7-16H,6H2,1-5H3. The molecule has 0 spiro atoms. The van der Waals surface area contributed by atoms with E-state index < -0.39 is 0 Å². The van der Waals surface area contributed by atoms with Crippen LogP contribution in [-0.4, -0.2) is 39.7 Å². The van der Waals surface area contributed by atoms with Crippen molar-refractivity contribution in [2.45, 2.75) is 43.5 Å². The zero-order valence-corrected chi connectivity index (χ0v) is 18.4. The van der Waals surface area contributed by atoms with Crippen LogP contribution in [0.25, 0.3) is 16.6 Å². The minimum absolute atomic E-state index is 0.0175. The summed E-state index contributed by atoms with van der Waals surface area (Å²) in [5.74, 6) is 0.443. The number of hydrogen-bond acceptors (Lipinski definition) is 4. The quantitative estimate of drug-likeness (QED) is 0.445. The topological polar surface area (TPSA) is 55.2 Å². The van der Waals surface area contributed by atoms with Crippen LogP contribution >= 0.6 is 11.8 Å². The van der Waals surface area contributed by atoms with Crippen molar-refractivity contribution < 1.29 is 4.79 Å². The second-order valence-corrected chi connectivity index (χ2v) is 8.75. The summed E-state index contributed by atoms with van der Waals surface area (Å²) in [5.41, 5.74) is 2.51. The third-order valence-electron chi connectivity index (χ3n) is 5.15. The van der Waals surface area contributed by atoms with Gasteiger partial charge in [0.2, 0.25) is 5.91 Å². The maximum Gasteiger partial charge on any atom is 0.266 e. The van der Waals surface area contributed by atoms with Crippen LogP contribution in [0.15, 0.2) is 58.5 Å². The Morgan fingerprint density at radius 2 is 1.76 bits per heavy atom. The minimum Gasteiger partial charge on any atom is -0.348 e. The summed E-state index contributed by atoms with van der Waals surface area (Å²) in [4.78, 5) is 32.0. The Kier molecular flexibility index (Phi) is 6.42. The summed E-state index contributed by atoms with van der Waals surface area (Å²) in [6.45, 7) is 6.19. The van der Waals surface area contributed by atoms with Crippen LogP contribution < -0.4 is 5.56 Å². The molecule has 5 nitrogen and oxygen atoms in total. The Bertz CT molecular complexity index is 1070. The first kappa shape index (κ1) is 21.1. The van der Waals surface area contributed by atoms with E-state index in [4.69, 9.17) is 4.98 Å². The van der Waals surface area contributed by atoms with Crippen molar-refractivity contribution in [3.05, 3.63) is 64.4 Å². The van der Waals surface area contributed by atoms with Crippen molar-refractivity contribution in [3.63, 3.8) is 0 Å². The van der Waals surface area contributed by atoms with Crippen molar-refractivity contribution in [1.82, 2.24) is 14.5 Å². The molecular weight excluding hydrogens is 382 g/mol. The van der Waals surface area contributed by atoms with E-state index >= 15 is 0 Å². The number of amides is 1. The highest BCUT2D eigenvalue weighted by molar-refractivity contribution is 8.00. The first-order valence-corrected chi connectivity index (χ1v) is 10.7. The van der Waals surface area contributed by atoms with Crippen molar-refractivity contribution in [1.29, 1.82) is 0 Å². The molecule has 0 aliphatic carbocycles. The normalized spacial score (nSPS) is 13.3. The highest BCUT2D eigenvalue weighted by Crippen LogP contribution is 2.27. The van der Waals surface area contributed by atoms with Crippen LogP contribution in [0.5, 0.6) is 0 Å². The lowest BCUT2D eigenvalue weighted by Crippen LogP contribution is -2.31. The van der Waals surface area contributed by atoms with E-state index in [1.165, 1.54) is 17.3 Å². The fourth-order valence-electron chi connectivity index (χ4n) is 3.18. The lowest BCUT2D eigenvalue weighted by atomic mass is 9.98. The van der Waals surface area contributed by atoms with Gasteiger partial charge in [-0.25, -0.2) is 4.98 Å². The zero-order valence-electron chi connectivity index (χ0n) is 17.5. The highest BCUT2D eigenvalue weighted by Gasteiger charge is 2.21. The lowest BCUT2D eigenvalue weighted by Gasteiger charge is -2.19. The van der Waals surface area contributed by atoms with E-state index in [0.29, 0.717) is 22.0 Å². The number of fused-ring (bicyclic) bond motifs is 1. The summed E-state index contributed by atoms with van der Waals surface area (Å²) in [6, 6.07) is 15.4. The first-order chi connectivity index (χ1) is 13.8. The lowest BCUT2D eigenvalue weighted by molar-refractivity contribution is -0.127. The molecule has 2 aromatic carbocycles. The summed E-state index contributed by atoms with van der Waals surface area (Å²) < 4.78 is 1.62. The number of carbonyl (C=O) groups excluding carboxylic acids is 1. The van der Waals surface area contributed by atoms with Crippen molar-refractivity contribution >= 4 is 28.6 Å². The molecule has 0 N–H and O–H groups in total. The van der Waals surface area contributed by atoms with Crippen LogP contribution in [0.4, 0.5) is 0 Å². The molecule has 0 aliphatic rings. The SMILES string of the molecule is CCC(C)c1ccc(-n2c(SC(C)C(=O)N(C)C)nc3ccccc3c2=O)cc1. The molecule has 0 saturated heterocycles. The van der Waals surface area contributed by atoms with Gasteiger partial charge in [0, 0.05) is 14.1 Å². The fraction of sp³-hybridized carbons (Fsp3) is 0.348. The molecule has 0 fully saturated rings. The Morgan fingerprint density at radius 3 is 2.38 bits per heavy atom. The number of hydrogen-bond donors (Lipinski definition) is 0. The summed E-state index contributed by atoms with van der Waals surface area (Å²) in [5, 5.41) is 0.728. The van der Waals surface area contributed by atoms with Gasteiger partial charge in [0.1, 0.15) is 0 Å². The number of carbonyl (C=O) groups is 1. The molecule has 1 aromatic heterocycles. The summed E-state index contributed by atoms with van der Waals surface area (Å²) in [7, 11) is 3.46. The number of thioether (sulfide) groups is 1. The average Bonchev–Trinajstić information content (AvgIpc) is 2.73. The molecule has 3 aromatic rings. The summed E-state index contributed by atoms with van der Waals surface area (Å²) >= 11 is 1.31. The van der Waals surface area contributed by atoms with Crippen LogP contribution in [-0.2, 0) is 4.79 Å². The van der Waals surface area contributed by atoms with E-state index in [1.54, 1.807) is 29.6 Å². The molecule has 0 aliphatic heterocycles. The molecule has 0 saturated carbocycles. The van der Waals surface area contributed by atoms with Gasteiger partial charge in [-0.05, 0) is 49.1 Å². The Labute approximate surface area is 175 Å². The van der Waals surface area contributed by atoms with Crippen molar-refractivity contribution in [3.8, 4) is 5.69 Å². The van der Waals surface area contributed by atoms with E-state index in [9.17, 15) is 9.59 Å². The molecule has 2 atom stereocenters. The van der Waals surface area contributed by atoms with Gasteiger partial charge in [0.25, 0.3) is 5.56 Å². The fourth-order valence-corrected chi connectivity index (χ4v) is 4.25. The van der Waals surface area contributed by atoms with Crippen LogP contribution in [0.2, 0.25) is 0 Å². The molecule has 3 rings (SSSR count). The van der Waals surface area contributed by atoms with E-state index in [-0.39, 0.29) is 16.7 Å². The molecule has 29 heavy (non-hydrogen) atoms. The molecule has 0 bridgehead atoms. The van der Waals surface area contributed by atoms with Gasteiger partial charge in [-0.3, -0.25) is 14.2 Å². The van der Waals surface area contributed by atoms with Crippen LogP contribution in [0, 0.1) is 0 Å². The highest BCUT2D eigenvalue weighted by atomic mass is 32.2. The largest absolute Gasteiger partial charge is 0.348 e. The molecule has 1 heterocycles. The van der Waals surface area contributed by atoms with E-state index in [0.717, 1.165) is 12.1 Å². The Hall–Kier alpha value is -2.60. The molecule has 1 amide bonds. The summed E-state index contributed by atoms with van der Waals surface area (Å²) in [6.07, 6.45) is 1.06. The van der Waals surface area contributed by atoms with Gasteiger partial charge in [0.05, 0.1) is 21.8 Å².